The Morgan fingerprint density at radius 3 is 2.61 bits per heavy atom. The van der Waals surface area contributed by atoms with E-state index in [1.165, 1.54) is 17.3 Å². The first kappa shape index (κ1) is 15.6. The Balaban J connectivity index is 1.62. The molecule has 0 amide bonds. The van der Waals surface area contributed by atoms with Gasteiger partial charge in [0.25, 0.3) is 0 Å². The number of benzene rings is 1. The molecule has 3 rings (SSSR count). The van der Waals surface area contributed by atoms with Gasteiger partial charge in [-0.05, 0) is 18.1 Å². The van der Waals surface area contributed by atoms with E-state index < -0.39 is 0 Å². The summed E-state index contributed by atoms with van der Waals surface area (Å²) in [4.78, 5) is 16.1. The fourth-order valence-corrected chi connectivity index (χ4v) is 3.01. The van der Waals surface area contributed by atoms with Crippen LogP contribution >= 0.6 is 0 Å². The lowest BCUT2D eigenvalue weighted by atomic mass is 10.1. The van der Waals surface area contributed by atoms with Gasteiger partial charge in [-0.1, -0.05) is 25.1 Å². The fourth-order valence-electron chi connectivity index (χ4n) is 3.01. The summed E-state index contributed by atoms with van der Waals surface area (Å²) in [6, 6.07) is 9.92. The van der Waals surface area contributed by atoms with Gasteiger partial charge in [0.15, 0.2) is 5.75 Å². The second kappa shape index (κ2) is 6.87. The van der Waals surface area contributed by atoms with Crippen LogP contribution in [0.2, 0.25) is 0 Å². The SMILES string of the molecule is CCc1ccccc1N1CCN(Cc2cc(=O)c(O)co2)CC1. The van der Waals surface area contributed by atoms with Crippen molar-refractivity contribution in [3.63, 3.8) is 0 Å². The van der Waals surface area contributed by atoms with Crippen LogP contribution in [-0.2, 0) is 13.0 Å². The molecule has 1 saturated heterocycles. The zero-order chi connectivity index (χ0) is 16.2. The average molecular weight is 314 g/mol. The number of hydrogen-bond donors (Lipinski definition) is 1. The Morgan fingerprint density at radius 2 is 1.91 bits per heavy atom. The van der Waals surface area contributed by atoms with Crippen molar-refractivity contribution in [2.75, 3.05) is 31.1 Å². The highest BCUT2D eigenvalue weighted by molar-refractivity contribution is 5.54. The minimum absolute atomic E-state index is 0.338. The zero-order valence-electron chi connectivity index (χ0n) is 13.4. The Hall–Kier alpha value is -2.27. The highest BCUT2D eigenvalue weighted by Gasteiger charge is 2.19. The van der Waals surface area contributed by atoms with Gasteiger partial charge in [-0.3, -0.25) is 9.69 Å². The molecule has 122 valence electrons. The average Bonchev–Trinajstić information content (AvgIpc) is 2.59. The molecule has 5 heteroatoms. The van der Waals surface area contributed by atoms with Crippen LogP contribution < -0.4 is 10.3 Å². The monoisotopic (exact) mass is 314 g/mol. The Morgan fingerprint density at radius 1 is 1.17 bits per heavy atom. The standard InChI is InChI=1S/C18H22N2O3/c1-2-14-5-3-4-6-16(14)20-9-7-19(8-10-20)12-15-11-17(21)18(22)13-23-15/h3-6,11,13,22H,2,7-10,12H2,1H3. The van der Waals surface area contributed by atoms with E-state index >= 15 is 0 Å². The van der Waals surface area contributed by atoms with E-state index in [1.54, 1.807) is 0 Å². The fraction of sp³-hybridized carbons (Fsp3) is 0.389. The van der Waals surface area contributed by atoms with Crippen molar-refractivity contribution in [2.24, 2.45) is 0 Å². The Kier molecular flexibility index (Phi) is 4.67. The summed E-state index contributed by atoms with van der Waals surface area (Å²) < 4.78 is 5.28. The Labute approximate surface area is 135 Å². The molecule has 5 nitrogen and oxygen atoms in total. The van der Waals surface area contributed by atoms with Crippen LogP contribution in [0.15, 0.2) is 45.8 Å². The van der Waals surface area contributed by atoms with E-state index in [2.05, 4.69) is 41.0 Å². The molecule has 0 radical (unpaired) electrons. The van der Waals surface area contributed by atoms with Gasteiger partial charge in [-0.15, -0.1) is 0 Å². The summed E-state index contributed by atoms with van der Waals surface area (Å²) in [5.41, 5.74) is 2.32. The summed E-state index contributed by atoms with van der Waals surface area (Å²) in [5, 5.41) is 9.23. The molecule has 1 N–H and O–H groups in total. The van der Waals surface area contributed by atoms with E-state index in [9.17, 15) is 9.90 Å². The van der Waals surface area contributed by atoms with Crippen LogP contribution in [-0.4, -0.2) is 36.2 Å². The van der Waals surface area contributed by atoms with Crippen molar-refractivity contribution in [2.45, 2.75) is 19.9 Å². The number of anilines is 1. The molecular weight excluding hydrogens is 292 g/mol. The molecular formula is C18H22N2O3. The van der Waals surface area contributed by atoms with Crippen LogP contribution in [0.4, 0.5) is 5.69 Å². The van der Waals surface area contributed by atoms with Gasteiger partial charge in [0.05, 0.1) is 6.54 Å². The van der Waals surface area contributed by atoms with Gasteiger partial charge in [0.1, 0.15) is 12.0 Å². The normalized spacial score (nSPS) is 15.8. The van der Waals surface area contributed by atoms with Gasteiger partial charge >= 0.3 is 0 Å². The highest BCUT2D eigenvalue weighted by atomic mass is 16.4. The smallest absolute Gasteiger partial charge is 0.226 e. The molecule has 1 aromatic carbocycles. The lowest BCUT2D eigenvalue weighted by molar-refractivity contribution is 0.227. The zero-order valence-corrected chi connectivity index (χ0v) is 13.4. The minimum Gasteiger partial charge on any atom is -0.502 e. The van der Waals surface area contributed by atoms with Crippen LogP contribution in [0.1, 0.15) is 18.2 Å². The maximum atomic E-state index is 11.5. The molecule has 23 heavy (non-hydrogen) atoms. The predicted molar refractivity (Wildman–Crippen MR) is 90.0 cm³/mol. The van der Waals surface area contributed by atoms with Gasteiger partial charge in [0.2, 0.25) is 5.43 Å². The topological polar surface area (TPSA) is 56.9 Å². The summed E-state index contributed by atoms with van der Waals surface area (Å²) in [6.07, 6.45) is 2.15. The molecule has 2 heterocycles. The Bertz CT molecular complexity index is 718. The molecule has 0 atom stereocenters. The van der Waals surface area contributed by atoms with Crippen molar-refractivity contribution in [1.29, 1.82) is 0 Å². The van der Waals surface area contributed by atoms with E-state index in [4.69, 9.17) is 4.42 Å². The van der Waals surface area contributed by atoms with E-state index in [-0.39, 0.29) is 11.2 Å². The quantitative estimate of drug-likeness (QED) is 0.938. The first-order chi connectivity index (χ1) is 11.2. The number of aromatic hydroxyl groups is 1. The maximum Gasteiger partial charge on any atom is 0.226 e. The third-order valence-electron chi connectivity index (χ3n) is 4.33. The van der Waals surface area contributed by atoms with E-state index in [1.807, 2.05) is 0 Å². The van der Waals surface area contributed by atoms with E-state index in [0.29, 0.717) is 12.3 Å². The van der Waals surface area contributed by atoms with Crippen LogP contribution in [0, 0.1) is 0 Å². The minimum atomic E-state index is -0.387. The lowest BCUT2D eigenvalue weighted by Crippen LogP contribution is -2.46. The van der Waals surface area contributed by atoms with Crippen LogP contribution in [0.3, 0.4) is 0 Å². The number of nitrogens with zero attached hydrogens (tertiary/aromatic N) is 2. The molecule has 0 unspecified atom stereocenters. The molecule has 0 aliphatic carbocycles. The van der Waals surface area contributed by atoms with Crippen LogP contribution in [0.5, 0.6) is 5.75 Å². The molecule has 1 aliphatic heterocycles. The maximum absolute atomic E-state index is 11.5. The molecule has 0 saturated carbocycles. The highest BCUT2D eigenvalue weighted by Crippen LogP contribution is 2.22. The molecule has 0 spiro atoms. The lowest BCUT2D eigenvalue weighted by Gasteiger charge is -2.36. The van der Waals surface area contributed by atoms with Crippen LogP contribution in [0.25, 0.3) is 0 Å². The van der Waals surface area contributed by atoms with Crippen molar-refractivity contribution >= 4 is 5.69 Å². The third-order valence-corrected chi connectivity index (χ3v) is 4.33. The van der Waals surface area contributed by atoms with Crippen molar-refractivity contribution in [3.8, 4) is 5.75 Å². The third kappa shape index (κ3) is 3.56. The first-order valence-corrected chi connectivity index (χ1v) is 8.03. The molecule has 0 bridgehead atoms. The number of piperazine rings is 1. The molecule has 1 aromatic heterocycles. The summed E-state index contributed by atoms with van der Waals surface area (Å²) in [7, 11) is 0. The number of rotatable bonds is 4. The first-order valence-electron chi connectivity index (χ1n) is 8.03. The predicted octanol–water partition coefficient (Wildman–Crippen LogP) is 2.23. The van der Waals surface area contributed by atoms with Crippen molar-refractivity contribution in [1.82, 2.24) is 4.90 Å². The van der Waals surface area contributed by atoms with Crippen molar-refractivity contribution < 1.29 is 9.52 Å². The summed E-state index contributed by atoms with van der Waals surface area (Å²) in [5.74, 6) is 0.255. The molecule has 1 fully saturated rings. The number of hydrogen-bond acceptors (Lipinski definition) is 5. The summed E-state index contributed by atoms with van der Waals surface area (Å²) in [6.45, 7) is 6.53. The van der Waals surface area contributed by atoms with Crippen molar-refractivity contribution in [3.05, 3.63) is 58.1 Å². The number of aryl methyl sites for hydroxylation is 1. The van der Waals surface area contributed by atoms with Gasteiger partial charge in [-0.25, -0.2) is 0 Å². The number of para-hydroxylation sites is 1. The van der Waals surface area contributed by atoms with Gasteiger partial charge in [-0.2, -0.15) is 0 Å². The largest absolute Gasteiger partial charge is 0.502 e. The molecule has 1 aliphatic rings. The van der Waals surface area contributed by atoms with Gasteiger partial charge in [0, 0.05) is 37.9 Å². The van der Waals surface area contributed by atoms with E-state index in [0.717, 1.165) is 38.9 Å². The second-order valence-electron chi connectivity index (χ2n) is 5.84. The second-order valence-corrected chi connectivity index (χ2v) is 5.84. The summed E-state index contributed by atoms with van der Waals surface area (Å²) >= 11 is 0. The van der Waals surface area contributed by atoms with Gasteiger partial charge < -0.3 is 14.4 Å². The molecule has 2 aromatic rings.